The van der Waals surface area contributed by atoms with Crippen molar-refractivity contribution < 1.29 is 89.2 Å². The number of nitrogens with zero attached hydrogens (tertiary/aromatic N) is 2. The molecule has 0 amide bonds. The zero-order chi connectivity index (χ0) is 73.5. The molecular weight excluding hydrogens is 1340 g/mol. The number of rotatable bonds is 37. The fourth-order valence-corrected chi connectivity index (χ4v) is 12.6. The van der Waals surface area contributed by atoms with Crippen molar-refractivity contribution in [3.05, 3.63) is 164 Å². The zero-order valence-corrected chi connectivity index (χ0v) is 59.4. The van der Waals surface area contributed by atoms with Crippen LogP contribution in [0, 0.1) is 29.6 Å². The van der Waals surface area contributed by atoms with Gasteiger partial charge >= 0.3 is 36.0 Å². The molecule has 2 fully saturated rings. The van der Waals surface area contributed by atoms with Gasteiger partial charge < -0.3 is 52.1 Å². The molecule has 1 atom stereocenters. The second kappa shape index (κ2) is 37.4. The molecule has 0 spiro atoms. The largest absolute Gasteiger partial charge is 0.494 e. The van der Waals surface area contributed by atoms with Crippen LogP contribution in [0.15, 0.2) is 164 Å². The van der Waals surface area contributed by atoms with Gasteiger partial charge in [-0.25, -0.2) is 24.4 Å². The SMILES string of the molecule is C=C(C)C(=O)OCCCCCCOc1ccc(OC(=O)C2CCC(COc3ccc4c5ccc(OCC6CCC(C(=O)Oc7ccc(OCC(CCCCOC(=O)C(=C)C)C(F)(F)F)cc7)CC6)cc5c5nc6ccc(-c7cccc(OCCOCCOC(=O)C(=C)C)c7)cc6nc5c4c3)CC2)cc1. The zero-order valence-electron chi connectivity index (χ0n) is 59.4. The summed E-state index contributed by atoms with van der Waals surface area (Å²) in [7, 11) is 0. The van der Waals surface area contributed by atoms with Crippen LogP contribution in [-0.4, -0.2) is 112 Å². The van der Waals surface area contributed by atoms with E-state index in [1.165, 1.54) is 31.2 Å². The third-order valence-corrected chi connectivity index (χ3v) is 18.7. The lowest BCUT2D eigenvalue weighted by Gasteiger charge is -2.27. The van der Waals surface area contributed by atoms with Crippen LogP contribution in [0.3, 0.4) is 0 Å². The predicted octanol–water partition coefficient (Wildman–Crippen LogP) is 17.8. The van der Waals surface area contributed by atoms with E-state index in [4.69, 9.17) is 62.1 Å². The number of alkyl halides is 3. The van der Waals surface area contributed by atoms with E-state index in [-0.39, 0.29) is 104 Å². The minimum absolute atomic E-state index is 0.00506. The van der Waals surface area contributed by atoms with Crippen molar-refractivity contribution >= 4 is 73.5 Å². The maximum Gasteiger partial charge on any atom is 0.395 e. The standard InChI is InChI=1S/C83H91F3N2O16/c1-53(2)78(89)97-40-11-8-7-10-39-95-63-26-30-65(31-27-63)103-81(92)58-21-17-57(18-22-58)51-101-69-35-37-71-70-36-34-68(100-50-56-19-23-59(24-20-56)82(93)104-66-32-28-64(29-33-66)102-52-62(83(84,85)86)15-9-12-41-98-79(90)54(3)4)48-72(70)76-77(73(71)49-69)88-75-47-61(25-38-74(75)87-76)60-14-13-16-67(46-60)96-44-42-94-43-45-99-80(91)55(5)6/h13-14,16,25-38,46-49,56-59,62H,1,3,5,7-12,15,17-24,39-45,50-52H2,2,4,6H3. The predicted molar refractivity (Wildman–Crippen MR) is 390 cm³/mol. The number of unbranched alkanes of at least 4 members (excludes halogenated alkanes) is 4. The molecule has 550 valence electrons. The number of ether oxygens (including phenoxy) is 11. The van der Waals surface area contributed by atoms with E-state index < -0.39 is 30.6 Å². The lowest BCUT2D eigenvalue weighted by molar-refractivity contribution is -0.184. The third kappa shape index (κ3) is 22.3. The maximum absolute atomic E-state index is 13.9. The molecule has 8 aromatic rings. The molecule has 21 heteroatoms. The molecule has 2 aliphatic carbocycles. The number of fused-ring (bicyclic) bond motifs is 7. The first-order valence-electron chi connectivity index (χ1n) is 35.8. The van der Waals surface area contributed by atoms with Gasteiger partial charge in [0.1, 0.15) is 53.5 Å². The lowest BCUT2D eigenvalue weighted by atomic mass is 9.82. The topological polar surface area (TPSA) is 213 Å². The van der Waals surface area contributed by atoms with Gasteiger partial charge in [-0.2, -0.15) is 13.2 Å². The van der Waals surface area contributed by atoms with Crippen LogP contribution >= 0.6 is 0 Å². The Labute approximate surface area is 604 Å². The summed E-state index contributed by atoms with van der Waals surface area (Å²) in [4.78, 5) is 72.4. The second-order valence-corrected chi connectivity index (χ2v) is 26.9. The Morgan fingerprint density at radius 3 is 1.39 bits per heavy atom. The summed E-state index contributed by atoms with van der Waals surface area (Å²) in [5, 5.41) is 3.64. The minimum Gasteiger partial charge on any atom is -0.494 e. The summed E-state index contributed by atoms with van der Waals surface area (Å²) in [5.74, 6) is -0.262. The van der Waals surface area contributed by atoms with Crippen LogP contribution in [0.5, 0.6) is 40.2 Å². The molecule has 7 aromatic carbocycles. The fourth-order valence-electron chi connectivity index (χ4n) is 12.6. The maximum atomic E-state index is 13.9. The quantitative estimate of drug-likeness (QED) is 0.00673. The summed E-state index contributed by atoms with van der Waals surface area (Å²) in [6.45, 7) is 17.6. The molecule has 1 aromatic heterocycles. The number of carbonyl (C=O) groups is 5. The second-order valence-electron chi connectivity index (χ2n) is 26.9. The van der Waals surface area contributed by atoms with Crippen molar-refractivity contribution in [1.82, 2.24) is 9.97 Å². The lowest BCUT2D eigenvalue weighted by Crippen LogP contribution is -2.29. The van der Waals surface area contributed by atoms with Crippen LogP contribution in [0.1, 0.15) is 117 Å². The average Bonchev–Trinajstić information content (AvgIpc) is 0.730. The Kier molecular flexibility index (Phi) is 27.6. The van der Waals surface area contributed by atoms with Gasteiger partial charge in [0.25, 0.3) is 0 Å². The molecule has 1 heterocycles. The molecule has 0 N–H and O–H groups in total. The average molecular weight is 1430 g/mol. The number of esters is 5. The molecule has 2 saturated carbocycles. The fraction of sp³-hybridized carbons (Fsp3) is 0.410. The van der Waals surface area contributed by atoms with E-state index in [1.54, 1.807) is 26.0 Å². The molecule has 18 nitrogen and oxygen atoms in total. The highest BCUT2D eigenvalue weighted by Gasteiger charge is 2.40. The van der Waals surface area contributed by atoms with Crippen molar-refractivity contribution in [3.8, 4) is 51.4 Å². The van der Waals surface area contributed by atoms with E-state index in [0.29, 0.717) is 121 Å². The minimum atomic E-state index is -4.49. The molecule has 1 unspecified atom stereocenters. The van der Waals surface area contributed by atoms with E-state index in [1.807, 2.05) is 78.9 Å². The Morgan fingerprint density at radius 1 is 0.423 bits per heavy atom. The molecule has 104 heavy (non-hydrogen) atoms. The van der Waals surface area contributed by atoms with Crippen LogP contribution < -0.4 is 33.2 Å². The summed E-state index contributed by atoms with van der Waals surface area (Å²) in [6, 6.07) is 39.0. The highest BCUT2D eigenvalue weighted by molar-refractivity contribution is 6.24. The first-order valence-corrected chi connectivity index (χ1v) is 35.8. The van der Waals surface area contributed by atoms with E-state index in [0.717, 1.165) is 84.0 Å². The van der Waals surface area contributed by atoms with Crippen molar-refractivity contribution in [2.45, 2.75) is 123 Å². The number of benzene rings is 7. The molecule has 0 aliphatic heterocycles. The number of hydrogen-bond donors (Lipinski definition) is 0. The van der Waals surface area contributed by atoms with E-state index in [2.05, 4.69) is 31.9 Å². The van der Waals surface area contributed by atoms with Crippen LogP contribution in [0.25, 0.3) is 54.7 Å². The molecule has 0 bridgehead atoms. The van der Waals surface area contributed by atoms with Crippen LogP contribution in [0.4, 0.5) is 13.2 Å². The van der Waals surface area contributed by atoms with Gasteiger partial charge in [0.2, 0.25) is 0 Å². The van der Waals surface area contributed by atoms with Crippen molar-refractivity contribution in [1.29, 1.82) is 0 Å². The molecular formula is C83H91F3N2O16. The van der Waals surface area contributed by atoms with Gasteiger partial charge in [-0.05, 0) is 260 Å². The Bertz CT molecular complexity index is 4310. The van der Waals surface area contributed by atoms with Gasteiger partial charge in [-0.3, -0.25) is 9.59 Å². The molecule has 2 aliphatic rings. The van der Waals surface area contributed by atoms with E-state index >= 15 is 0 Å². The third-order valence-electron chi connectivity index (χ3n) is 18.7. The number of aromatic nitrogens is 2. The number of halogens is 3. The highest BCUT2D eigenvalue weighted by atomic mass is 19.4. The molecule has 10 rings (SSSR count). The smallest absolute Gasteiger partial charge is 0.395 e. The van der Waals surface area contributed by atoms with Gasteiger partial charge in [0, 0.05) is 27.5 Å². The first kappa shape index (κ1) is 76.6. The van der Waals surface area contributed by atoms with Crippen molar-refractivity contribution in [2.75, 3.05) is 66.1 Å². The Hall–Kier alpha value is -10.0. The number of hydrogen-bond acceptors (Lipinski definition) is 18. The van der Waals surface area contributed by atoms with Crippen molar-refractivity contribution in [3.63, 3.8) is 0 Å². The normalized spacial score (nSPS) is 16.2. The monoisotopic (exact) mass is 1430 g/mol. The molecule has 0 radical (unpaired) electrons. The van der Waals surface area contributed by atoms with E-state index in [9.17, 15) is 37.1 Å². The summed E-state index contributed by atoms with van der Waals surface area (Å²) in [5.41, 5.74) is 5.53. The summed E-state index contributed by atoms with van der Waals surface area (Å²) in [6.07, 6.45) is 4.91. The first-order chi connectivity index (χ1) is 50.2. The van der Waals surface area contributed by atoms with Crippen LogP contribution in [0.2, 0.25) is 0 Å². The van der Waals surface area contributed by atoms with Gasteiger partial charge in [-0.1, -0.05) is 37.9 Å². The highest BCUT2D eigenvalue weighted by Crippen LogP contribution is 2.41. The Balaban J connectivity index is 0.757. The van der Waals surface area contributed by atoms with Gasteiger partial charge in [0.05, 0.1) is 92.7 Å². The van der Waals surface area contributed by atoms with Gasteiger partial charge in [-0.15, -0.1) is 0 Å². The molecule has 0 saturated heterocycles. The summed E-state index contributed by atoms with van der Waals surface area (Å²) >= 11 is 0. The summed E-state index contributed by atoms with van der Waals surface area (Å²) < 4.78 is 105. The number of carbonyl (C=O) groups excluding carboxylic acids is 5. The van der Waals surface area contributed by atoms with Crippen LogP contribution in [-0.2, 0) is 42.9 Å². The Morgan fingerprint density at radius 2 is 0.865 bits per heavy atom. The van der Waals surface area contributed by atoms with Gasteiger partial charge in [0.15, 0.2) is 0 Å². The van der Waals surface area contributed by atoms with Crippen molar-refractivity contribution in [2.24, 2.45) is 29.6 Å².